The summed E-state index contributed by atoms with van der Waals surface area (Å²) in [6.07, 6.45) is 3.59. The summed E-state index contributed by atoms with van der Waals surface area (Å²) in [6, 6.07) is -2.76. The third kappa shape index (κ3) is 5.21. The van der Waals surface area contributed by atoms with Crippen LogP contribution in [-0.2, 0) is 24.2 Å². The average molecular weight is 445 g/mol. The van der Waals surface area contributed by atoms with E-state index in [0.29, 0.717) is 31.0 Å². The monoisotopic (exact) mass is 445 g/mol. The molecule has 3 rings (SSSR count). The number of urea groups is 1. The minimum atomic E-state index is -5.11. The van der Waals surface area contributed by atoms with E-state index < -0.39 is 46.1 Å². The minimum absolute atomic E-state index is 0.0278. The quantitative estimate of drug-likeness (QED) is 0.359. The highest BCUT2D eigenvalue weighted by Crippen LogP contribution is 2.26. The molecule has 3 aliphatic rings. The van der Waals surface area contributed by atoms with E-state index in [0.717, 1.165) is 4.90 Å². The van der Waals surface area contributed by atoms with Gasteiger partial charge < -0.3 is 24.4 Å². The second-order valence-corrected chi connectivity index (χ2v) is 9.36. The molecule has 2 atom stereocenters. The van der Waals surface area contributed by atoms with E-state index in [1.807, 2.05) is 0 Å². The van der Waals surface area contributed by atoms with Gasteiger partial charge >= 0.3 is 12.1 Å². The third-order valence-corrected chi connectivity index (χ3v) is 5.25. The van der Waals surface area contributed by atoms with Crippen LogP contribution < -0.4 is 5.32 Å². The molecule has 0 spiro atoms. The maximum absolute atomic E-state index is 12.7. The topological polar surface area (TPSA) is 149 Å². The zero-order valence-corrected chi connectivity index (χ0v) is 17.8. The van der Waals surface area contributed by atoms with Crippen molar-refractivity contribution in [3.05, 3.63) is 12.2 Å². The van der Waals surface area contributed by atoms with Gasteiger partial charge in [-0.25, -0.2) is 18.0 Å². The molecule has 0 aromatic heterocycles. The normalized spacial score (nSPS) is 24.9. The number of hydrogen-bond donors (Lipinski definition) is 1. The fourth-order valence-corrected chi connectivity index (χ4v) is 3.94. The van der Waals surface area contributed by atoms with Gasteiger partial charge in [0, 0.05) is 19.1 Å². The van der Waals surface area contributed by atoms with E-state index in [9.17, 15) is 27.4 Å². The Labute approximate surface area is 174 Å². The Morgan fingerprint density at radius 2 is 1.83 bits per heavy atom. The number of carbonyl (C=O) groups is 3. The Bertz CT molecular complexity index is 844. The molecule has 13 heteroatoms. The summed E-state index contributed by atoms with van der Waals surface area (Å²) in [7, 11) is -5.11. The SMILES string of the molecule is CC(C)(C)OC(=O)N1CCC(NC(=O)[C@@H]2C=C[C@@H]3CN2C(=O)N3OS(=O)(=O)[O-])CC1. The Morgan fingerprint density at radius 1 is 1.20 bits per heavy atom. The lowest BCUT2D eigenvalue weighted by molar-refractivity contribution is -0.125. The molecule has 4 amide bonds. The predicted molar refractivity (Wildman–Crippen MR) is 100 cm³/mol. The van der Waals surface area contributed by atoms with Gasteiger partial charge in [0.2, 0.25) is 16.3 Å². The maximum Gasteiger partial charge on any atom is 0.410 e. The van der Waals surface area contributed by atoms with Crippen LogP contribution in [0.3, 0.4) is 0 Å². The first-order chi connectivity index (χ1) is 13.8. The van der Waals surface area contributed by atoms with Crippen LogP contribution in [0, 0.1) is 0 Å². The number of fused-ring (bicyclic) bond motifs is 2. The lowest BCUT2D eigenvalue weighted by atomic mass is 10.0. The predicted octanol–water partition coefficient (Wildman–Crippen LogP) is -0.0615. The van der Waals surface area contributed by atoms with Crippen LogP contribution in [0.15, 0.2) is 12.2 Å². The molecule has 30 heavy (non-hydrogen) atoms. The molecule has 2 fully saturated rings. The van der Waals surface area contributed by atoms with E-state index >= 15 is 0 Å². The van der Waals surface area contributed by atoms with Crippen molar-refractivity contribution < 1.29 is 36.4 Å². The number of likely N-dealkylation sites (tertiary alicyclic amines) is 1. The number of carbonyl (C=O) groups excluding carboxylic acids is 3. The van der Waals surface area contributed by atoms with Crippen molar-refractivity contribution in [3.8, 4) is 0 Å². The number of nitrogens with one attached hydrogen (secondary N) is 1. The van der Waals surface area contributed by atoms with Crippen LogP contribution in [0.1, 0.15) is 33.6 Å². The zero-order valence-electron chi connectivity index (χ0n) is 16.9. The summed E-state index contributed by atoms with van der Waals surface area (Å²) in [5.41, 5.74) is -0.585. The van der Waals surface area contributed by atoms with E-state index in [1.54, 1.807) is 25.7 Å². The van der Waals surface area contributed by atoms with Crippen molar-refractivity contribution in [1.29, 1.82) is 0 Å². The van der Waals surface area contributed by atoms with Crippen LogP contribution in [0.2, 0.25) is 0 Å². The van der Waals surface area contributed by atoms with E-state index in [4.69, 9.17) is 4.74 Å². The molecule has 0 unspecified atom stereocenters. The molecule has 0 radical (unpaired) electrons. The van der Waals surface area contributed by atoms with Crippen LogP contribution in [-0.4, -0.2) is 89.2 Å². The summed E-state index contributed by atoms with van der Waals surface area (Å²) in [4.78, 5) is 39.9. The summed E-state index contributed by atoms with van der Waals surface area (Å²) in [5.74, 6) is -0.430. The molecule has 2 saturated heterocycles. The number of hydroxylamine groups is 2. The summed E-state index contributed by atoms with van der Waals surface area (Å²) < 4.78 is 42.0. The highest BCUT2D eigenvalue weighted by molar-refractivity contribution is 7.80. The third-order valence-electron chi connectivity index (χ3n) is 4.90. The fourth-order valence-electron chi connectivity index (χ4n) is 3.57. The molecule has 2 bridgehead atoms. The van der Waals surface area contributed by atoms with Gasteiger partial charge in [0.05, 0.1) is 12.6 Å². The van der Waals surface area contributed by atoms with Crippen molar-refractivity contribution in [1.82, 2.24) is 20.2 Å². The molecule has 168 valence electrons. The van der Waals surface area contributed by atoms with Gasteiger partial charge in [0.15, 0.2) is 0 Å². The number of piperidine rings is 1. The molecule has 0 aromatic carbocycles. The largest absolute Gasteiger partial charge is 0.724 e. The van der Waals surface area contributed by atoms with Crippen LogP contribution in [0.4, 0.5) is 9.59 Å². The maximum atomic E-state index is 12.7. The van der Waals surface area contributed by atoms with E-state index in [2.05, 4.69) is 9.60 Å². The Balaban J connectivity index is 1.53. The molecule has 3 aliphatic heterocycles. The van der Waals surface area contributed by atoms with Crippen molar-refractivity contribution in [2.75, 3.05) is 19.6 Å². The lowest BCUT2D eigenvalue weighted by Crippen LogP contribution is -2.53. The summed E-state index contributed by atoms with van der Waals surface area (Å²) in [6.45, 7) is 6.25. The number of amides is 4. The standard InChI is InChI=1S/C17H26N4O8S/c1-17(2,3)28-16(24)19-8-6-11(7-9-19)18-14(22)13-5-4-12-10-20(13)15(23)21(12)29-30(25,26)27/h4-5,11-13H,6-10H2,1-3H3,(H,18,22)(H,25,26,27)/p-1/t12-,13+/m1/s1. The van der Waals surface area contributed by atoms with Crippen molar-refractivity contribution in [3.63, 3.8) is 0 Å². The van der Waals surface area contributed by atoms with Crippen LogP contribution in [0.5, 0.6) is 0 Å². The van der Waals surface area contributed by atoms with E-state index in [-0.39, 0.29) is 12.6 Å². The van der Waals surface area contributed by atoms with Gasteiger partial charge in [-0.15, -0.1) is 0 Å². The van der Waals surface area contributed by atoms with Crippen LogP contribution in [0.25, 0.3) is 0 Å². The fraction of sp³-hybridized carbons (Fsp3) is 0.706. The first-order valence-electron chi connectivity index (χ1n) is 9.56. The second kappa shape index (κ2) is 8.04. The molecule has 0 aliphatic carbocycles. The van der Waals surface area contributed by atoms with Gasteiger partial charge in [0.1, 0.15) is 11.6 Å². The van der Waals surface area contributed by atoms with Gasteiger partial charge in [0.25, 0.3) is 0 Å². The molecule has 0 aromatic rings. The molecule has 0 saturated carbocycles. The van der Waals surface area contributed by atoms with Crippen molar-refractivity contribution >= 4 is 28.4 Å². The van der Waals surface area contributed by atoms with Crippen LogP contribution >= 0.6 is 0 Å². The highest BCUT2D eigenvalue weighted by Gasteiger charge is 2.46. The Hall–Kier alpha value is -2.38. The molecule has 1 N–H and O–H groups in total. The Kier molecular flexibility index (Phi) is 5.98. The van der Waals surface area contributed by atoms with Crippen molar-refractivity contribution in [2.24, 2.45) is 0 Å². The molecule has 3 heterocycles. The summed E-state index contributed by atoms with van der Waals surface area (Å²) >= 11 is 0. The minimum Gasteiger partial charge on any atom is -0.724 e. The van der Waals surface area contributed by atoms with Gasteiger partial charge in [-0.3, -0.25) is 4.79 Å². The summed E-state index contributed by atoms with van der Waals surface area (Å²) in [5, 5.41) is 3.32. The Morgan fingerprint density at radius 3 is 2.40 bits per heavy atom. The number of nitrogens with zero attached hydrogens (tertiary/aromatic N) is 3. The number of ether oxygens (including phenoxy) is 1. The number of hydrogen-bond acceptors (Lipinski definition) is 8. The van der Waals surface area contributed by atoms with Gasteiger partial charge in [-0.1, -0.05) is 12.2 Å². The first kappa shape index (κ1) is 22.3. The number of rotatable bonds is 4. The first-order valence-corrected chi connectivity index (χ1v) is 10.9. The van der Waals surface area contributed by atoms with Gasteiger partial charge in [-0.05, 0) is 33.6 Å². The zero-order chi connectivity index (χ0) is 22.3. The molecular weight excluding hydrogens is 420 g/mol. The second-order valence-electron chi connectivity index (χ2n) is 8.39. The smallest absolute Gasteiger partial charge is 0.410 e. The highest BCUT2D eigenvalue weighted by atomic mass is 32.3. The molecular formula is C17H25N4O8S-. The molecule has 12 nitrogen and oxygen atoms in total. The van der Waals surface area contributed by atoms with Gasteiger partial charge in [-0.2, -0.15) is 9.35 Å². The lowest BCUT2D eigenvalue weighted by Gasteiger charge is -2.34. The average Bonchev–Trinajstić information content (AvgIpc) is 2.84. The van der Waals surface area contributed by atoms with E-state index in [1.165, 1.54) is 12.2 Å². The van der Waals surface area contributed by atoms with Crippen molar-refractivity contribution in [2.45, 2.75) is 57.3 Å².